The number of imide groups is 1. The van der Waals surface area contributed by atoms with Gasteiger partial charge in [-0.15, -0.1) is 23.2 Å². The summed E-state index contributed by atoms with van der Waals surface area (Å²) < 4.78 is -0.738. The minimum absolute atomic E-state index is 0.0682. The predicted octanol–water partition coefficient (Wildman–Crippen LogP) is 5.13. The Morgan fingerprint density at radius 3 is 2.52 bits per heavy atom. The van der Waals surface area contributed by atoms with E-state index in [1.165, 1.54) is 4.90 Å². The molecule has 4 rings (SSSR count). The Morgan fingerprint density at radius 2 is 1.86 bits per heavy atom. The third kappa shape index (κ3) is 4.53. The fourth-order valence-corrected chi connectivity index (χ4v) is 4.62. The number of rotatable bonds is 2. The van der Waals surface area contributed by atoms with E-state index in [0.717, 1.165) is 34.2 Å². The van der Waals surface area contributed by atoms with E-state index in [9.17, 15) is 9.59 Å². The van der Waals surface area contributed by atoms with Gasteiger partial charge in [0.2, 0.25) is 0 Å². The molecular formula is C21H17Cl2N3O2S. The Bertz CT molecular complexity index is 1020. The van der Waals surface area contributed by atoms with Crippen molar-refractivity contribution in [3.63, 3.8) is 0 Å². The van der Waals surface area contributed by atoms with Gasteiger partial charge in [0.15, 0.2) is 0 Å². The molecule has 1 aliphatic carbocycles. The summed E-state index contributed by atoms with van der Waals surface area (Å²) in [4.78, 5) is 26.7. The lowest BCUT2D eigenvalue weighted by atomic mass is 9.93. The molecule has 1 aliphatic heterocycles. The Balaban J connectivity index is 1.42. The van der Waals surface area contributed by atoms with Gasteiger partial charge in [-0.25, -0.2) is 0 Å². The van der Waals surface area contributed by atoms with Crippen LogP contribution in [-0.4, -0.2) is 37.1 Å². The molecule has 0 spiro atoms. The summed E-state index contributed by atoms with van der Waals surface area (Å²) in [7, 11) is 0. The molecule has 0 unspecified atom stereocenters. The molecule has 148 valence electrons. The number of hydrogen-bond acceptors (Lipinski definition) is 4. The molecule has 2 heterocycles. The quantitative estimate of drug-likeness (QED) is 0.395. The van der Waals surface area contributed by atoms with Crippen LogP contribution in [0.1, 0.15) is 31.2 Å². The largest absolute Gasteiger partial charge is 0.294 e. The average molecular weight is 446 g/mol. The highest BCUT2D eigenvalue weighted by Gasteiger charge is 2.38. The predicted molar refractivity (Wildman–Crippen MR) is 116 cm³/mol. The number of hydrogen-bond donors (Lipinski definition) is 1. The van der Waals surface area contributed by atoms with Crippen LogP contribution in [0.15, 0.2) is 47.0 Å². The summed E-state index contributed by atoms with van der Waals surface area (Å²) in [5, 5.41) is 6.56. The normalized spacial score (nSPS) is 18.8. The molecule has 0 atom stereocenters. The van der Waals surface area contributed by atoms with Crippen LogP contribution in [0, 0.1) is 11.8 Å². The highest BCUT2D eigenvalue weighted by atomic mass is 35.5. The molecule has 29 heavy (non-hydrogen) atoms. The zero-order chi connectivity index (χ0) is 20.4. The maximum absolute atomic E-state index is 12.7. The fourth-order valence-electron chi connectivity index (χ4n) is 3.27. The van der Waals surface area contributed by atoms with Gasteiger partial charge in [0.05, 0.1) is 17.1 Å². The molecule has 2 amide bonds. The molecular weight excluding hydrogens is 429 g/mol. The standard InChI is InChI=1S/C21H17Cl2N3O2S/c22-21(23)10-7-16(8-11-21)18-19(27)26(20(28)29-18)13-1-2-14-3-5-15(6-4-14)17-9-12-24-25-17/h3-6,9,12H,7-8,10-11,13H2,(H,24,25). The van der Waals surface area contributed by atoms with E-state index >= 15 is 0 Å². The summed E-state index contributed by atoms with van der Waals surface area (Å²) in [6.45, 7) is 0.0682. The third-order valence-corrected chi connectivity index (χ3v) is 6.74. The number of carbonyl (C=O) groups is 2. The molecule has 0 radical (unpaired) electrons. The van der Waals surface area contributed by atoms with Crippen molar-refractivity contribution in [3.05, 3.63) is 52.6 Å². The van der Waals surface area contributed by atoms with E-state index in [1.54, 1.807) is 6.20 Å². The lowest BCUT2D eigenvalue weighted by molar-refractivity contribution is -0.122. The second-order valence-electron chi connectivity index (χ2n) is 6.90. The van der Waals surface area contributed by atoms with Gasteiger partial charge in [0.25, 0.3) is 11.1 Å². The molecule has 2 aromatic rings. The van der Waals surface area contributed by atoms with E-state index in [1.807, 2.05) is 30.3 Å². The summed E-state index contributed by atoms with van der Waals surface area (Å²) in [5.74, 6) is 5.67. The molecule has 5 nitrogen and oxygen atoms in total. The van der Waals surface area contributed by atoms with Crippen molar-refractivity contribution in [1.82, 2.24) is 15.1 Å². The Labute approximate surface area is 182 Å². The van der Waals surface area contributed by atoms with Gasteiger partial charge < -0.3 is 0 Å². The molecule has 1 saturated carbocycles. The second kappa shape index (κ2) is 8.27. The highest BCUT2D eigenvalue weighted by molar-refractivity contribution is 8.18. The maximum atomic E-state index is 12.7. The monoisotopic (exact) mass is 445 g/mol. The van der Waals surface area contributed by atoms with Gasteiger partial charge in [0, 0.05) is 11.8 Å². The number of halogens is 2. The Kier molecular flexibility index (Phi) is 5.73. The molecule has 1 N–H and O–H groups in total. The van der Waals surface area contributed by atoms with E-state index < -0.39 is 4.33 Å². The topological polar surface area (TPSA) is 66.1 Å². The van der Waals surface area contributed by atoms with Gasteiger partial charge in [0.1, 0.15) is 4.33 Å². The number of allylic oxidation sites excluding steroid dienone is 1. The van der Waals surface area contributed by atoms with E-state index in [-0.39, 0.29) is 17.7 Å². The first kappa shape index (κ1) is 20.1. The van der Waals surface area contributed by atoms with Crippen LogP contribution in [0.25, 0.3) is 11.3 Å². The van der Waals surface area contributed by atoms with Gasteiger partial charge in [-0.3, -0.25) is 19.6 Å². The number of nitrogens with zero attached hydrogens (tertiary/aromatic N) is 2. The summed E-state index contributed by atoms with van der Waals surface area (Å²) in [5.41, 5.74) is 3.72. The number of aromatic nitrogens is 2. The molecule has 2 aliphatic rings. The number of alkyl halides is 2. The number of carbonyl (C=O) groups excluding carboxylic acids is 2. The maximum Gasteiger partial charge on any atom is 0.294 e. The molecule has 1 saturated heterocycles. The Hall–Kier alpha value is -2.20. The second-order valence-corrected chi connectivity index (χ2v) is 9.50. The third-order valence-electron chi connectivity index (χ3n) is 4.92. The first-order chi connectivity index (χ1) is 13.9. The number of H-pyrrole nitrogens is 1. The number of nitrogens with one attached hydrogen (secondary N) is 1. The van der Waals surface area contributed by atoms with E-state index in [4.69, 9.17) is 23.2 Å². The van der Waals surface area contributed by atoms with E-state index in [2.05, 4.69) is 22.0 Å². The number of aromatic amines is 1. The number of amides is 2. The summed E-state index contributed by atoms with van der Waals surface area (Å²) >= 11 is 13.3. The fraction of sp³-hybridized carbons (Fsp3) is 0.286. The minimum atomic E-state index is -0.738. The number of benzene rings is 1. The van der Waals surface area contributed by atoms with E-state index in [0.29, 0.717) is 30.6 Å². The zero-order valence-corrected chi connectivity index (χ0v) is 17.7. The lowest BCUT2D eigenvalue weighted by Crippen LogP contribution is -2.29. The van der Waals surface area contributed by atoms with Crippen LogP contribution in [0.2, 0.25) is 0 Å². The van der Waals surface area contributed by atoms with Crippen LogP contribution in [0.5, 0.6) is 0 Å². The SMILES string of the molecule is O=C1SC(=C2CCC(Cl)(Cl)CC2)C(=O)N1CC#Cc1ccc(-c2ccn[nH]2)cc1. The van der Waals surface area contributed by atoms with Crippen molar-refractivity contribution in [2.45, 2.75) is 30.0 Å². The lowest BCUT2D eigenvalue weighted by Gasteiger charge is -2.26. The number of thioether (sulfide) groups is 1. The van der Waals surface area contributed by atoms with Crippen molar-refractivity contribution in [1.29, 1.82) is 0 Å². The van der Waals surface area contributed by atoms with Gasteiger partial charge in [-0.05, 0) is 61.2 Å². The smallest absolute Gasteiger partial charge is 0.278 e. The van der Waals surface area contributed by atoms with Crippen molar-refractivity contribution >= 4 is 46.1 Å². The highest BCUT2D eigenvalue weighted by Crippen LogP contribution is 2.44. The van der Waals surface area contributed by atoms with Crippen molar-refractivity contribution in [2.75, 3.05) is 6.54 Å². The van der Waals surface area contributed by atoms with Crippen molar-refractivity contribution in [2.24, 2.45) is 0 Å². The molecule has 1 aromatic heterocycles. The zero-order valence-electron chi connectivity index (χ0n) is 15.4. The first-order valence-corrected chi connectivity index (χ1v) is 10.7. The van der Waals surface area contributed by atoms with Gasteiger partial charge in [-0.1, -0.05) is 29.5 Å². The average Bonchev–Trinajstić information content (AvgIpc) is 3.33. The van der Waals surface area contributed by atoms with Crippen molar-refractivity contribution < 1.29 is 9.59 Å². The minimum Gasteiger partial charge on any atom is -0.278 e. The summed E-state index contributed by atoms with van der Waals surface area (Å²) in [6, 6.07) is 9.57. The molecule has 2 fully saturated rings. The van der Waals surface area contributed by atoms with Crippen LogP contribution in [0.3, 0.4) is 0 Å². The first-order valence-electron chi connectivity index (χ1n) is 9.15. The molecule has 0 bridgehead atoms. The van der Waals surface area contributed by atoms with Gasteiger partial charge in [-0.2, -0.15) is 5.10 Å². The Morgan fingerprint density at radius 1 is 1.14 bits per heavy atom. The summed E-state index contributed by atoms with van der Waals surface area (Å²) in [6.07, 6.45) is 4.15. The van der Waals surface area contributed by atoms with Crippen LogP contribution in [0.4, 0.5) is 4.79 Å². The van der Waals surface area contributed by atoms with Crippen LogP contribution < -0.4 is 0 Å². The van der Waals surface area contributed by atoms with Gasteiger partial charge >= 0.3 is 0 Å². The van der Waals surface area contributed by atoms with Crippen LogP contribution >= 0.6 is 35.0 Å². The molecule has 8 heteroatoms. The molecule has 1 aromatic carbocycles. The van der Waals surface area contributed by atoms with Crippen molar-refractivity contribution in [3.8, 4) is 23.1 Å². The van der Waals surface area contributed by atoms with Crippen LogP contribution in [-0.2, 0) is 4.79 Å².